The van der Waals surface area contributed by atoms with Crippen molar-refractivity contribution in [3.8, 4) is 6.07 Å². The molecule has 1 unspecified atom stereocenters. The molecule has 0 bridgehead atoms. The Morgan fingerprint density at radius 1 is 1.71 bits per heavy atom. The van der Waals surface area contributed by atoms with Crippen molar-refractivity contribution in [2.75, 3.05) is 11.9 Å². The van der Waals surface area contributed by atoms with Gasteiger partial charge in [0.2, 0.25) is 5.91 Å². The molecular weight excluding hydrogens is 260 g/mol. The van der Waals surface area contributed by atoms with Crippen LogP contribution in [0.4, 0.5) is 5.13 Å². The fraction of sp³-hybridized carbons (Fsp3) is 0.500. The van der Waals surface area contributed by atoms with Crippen molar-refractivity contribution in [3.05, 3.63) is 10.0 Å². The van der Waals surface area contributed by atoms with E-state index in [1.807, 2.05) is 13.0 Å². The Labute approximate surface area is 109 Å². The summed E-state index contributed by atoms with van der Waals surface area (Å²) in [4.78, 5) is 15.9. The number of nitriles is 1. The van der Waals surface area contributed by atoms with Crippen LogP contribution in [-0.2, 0) is 4.79 Å². The Bertz CT molecular complexity index is 440. The summed E-state index contributed by atoms with van der Waals surface area (Å²) in [6.45, 7) is 4.36. The summed E-state index contributed by atoms with van der Waals surface area (Å²) in [6.07, 6.45) is 0.889. The van der Waals surface area contributed by atoms with E-state index in [0.29, 0.717) is 16.6 Å². The van der Waals surface area contributed by atoms with Crippen LogP contribution in [0.15, 0.2) is 0 Å². The van der Waals surface area contributed by atoms with Gasteiger partial charge in [-0.05, 0) is 13.3 Å². The second-order valence-corrected chi connectivity index (χ2v) is 4.76. The molecule has 0 saturated carbocycles. The molecule has 1 heterocycles. The van der Waals surface area contributed by atoms with E-state index in [1.54, 1.807) is 6.92 Å². The first-order valence-corrected chi connectivity index (χ1v) is 6.38. The highest BCUT2D eigenvalue weighted by atomic mass is 35.5. The molecule has 0 saturated heterocycles. The summed E-state index contributed by atoms with van der Waals surface area (Å²) >= 11 is 6.86. The van der Waals surface area contributed by atoms with Crippen LogP contribution in [0.3, 0.4) is 0 Å². The SMILES string of the molecule is CCCNC(=O)C(C)Nc1nc(Cl)c(C#N)s1. The minimum atomic E-state index is -0.407. The van der Waals surface area contributed by atoms with E-state index in [1.165, 1.54) is 0 Å². The van der Waals surface area contributed by atoms with Crippen LogP contribution in [0.5, 0.6) is 0 Å². The largest absolute Gasteiger partial charge is 0.354 e. The molecule has 0 fully saturated rings. The zero-order valence-corrected chi connectivity index (χ0v) is 11.2. The number of amides is 1. The monoisotopic (exact) mass is 272 g/mol. The molecule has 7 heteroatoms. The quantitative estimate of drug-likeness (QED) is 0.859. The Balaban J connectivity index is 2.58. The van der Waals surface area contributed by atoms with Crippen LogP contribution in [0.25, 0.3) is 0 Å². The maximum atomic E-state index is 11.6. The maximum Gasteiger partial charge on any atom is 0.242 e. The summed E-state index contributed by atoms with van der Waals surface area (Å²) < 4.78 is 0. The minimum absolute atomic E-state index is 0.100. The smallest absolute Gasteiger partial charge is 0.242 e. The van der Waals surface area contributed by atoms with Gasteiger partial charge in [0.25, 0.3) is 0 Å². The molecule has 17 heavy (non-hydrogen) atoms. The number of hydrogen-bond donors (Lipinski definition) is 2. The van der Waals surface area contributed by atoms with Crippen molar-refractivity contribution >= 4 is 34.0 Å². The molecular formula is C10H13ClN4OS. The third-order valence-electron chi connectivity index (χ3n) is 1.97. The van der Waals surface area contributed by atoms with Crippen molar-refractivity contribution in [1.82, 2.24) is 10.3 Å². The predicted molar refractivity (Wildman–Crippen MR) is 68.2 cm³/mol. The summed E-state index contributed by atoms with van der Waals surface area (Å²) in [5, 5.41) is 15.0. The van der Waals surface area contributed by atoms with Crippen molar-refractivity contribution < 1.29 is 4.79 Å². The highest BCUT2D eigenvalue weighted by Gasteiger charge is 2.15. The van der Waals surface area contributed by atoms with Gasteiger partial charge >= 0.3 is 0 Å². The lowest BCUT2D eigenvalue weighted by atomic mass is 10.3. The van der Waals surface area contributed by atoms with Gasteiger partial charge in [0.15, 0.2) is 10.3 Å². The lowest BCUT2D eigenvalue weighted by Gasteiger charge is -2.12. The molecule has 2 N–H and O–H groups in total. The standard InChI is InChI=1S/C10H13ClN4OS/c1-3-4-13-9(16)6(2)14-10-15-8(11)7(5-12)17-10/h6H,3-4H2,1-2H3,(H,13,16)(H,14,15). The van der Waals surface area contributed by atoms with Crippen LogP contribution in [0.2, 0.25) is 5.15 Å². The van der Waals surface area contributed by atoms with Gasteiger partial charge in [0.05, 0.1) is 0 Å². The zero-order valence-electron chi connectivity index (χ0n) is 9.58. The van der Waals surface area contributed by atoms with Gasteiger partial charge in [-0.2, -0.15) is 5.26 Å². The van der Waals surface area contributed by atoms with Gasteiger partial charge in [0.1, 0.15) is 17.0 Å². The van der Waals surface area contributed by atoms with E-state index in [-0.39, 0.29) is 11.1 Å². The predicted octanol–water partition coefficient (Wildman–Crippen LogP) is 1.99. The first kappa shape index (κ1) is 13.7. The number of halogens is 1. The molecule has 0 aliphatic carbocycles. The van der Waals surface area contributed by atoms with Gasteiger partial charge in [-0.25, -0.2) is 4.98 Å². The number of carbonyl (C=O) groups is 1. The first-order valence-electron chi connectivity index (χ1n) is 5.19. The molecule has 0 aliphatic rings. The summed E-state index contributed by atoms with van der Waals surface area (Å²) in [7, 11) is 0. The van der Waals surface area contributed by atoms with Gasteiger partial charge in [-0.1, -0.05) is 29.9 Å². The summed E-state index contributed by atoms with van der Waals surface area (Å²) in [5.74, 6) is -0.100. The average Bonchev–Trinajstić information content (AvgIpc) is 2.66. The topological polar surface area (TPSA) is 77.8 Å². The molecule has 92 valence electrons. The lowest BCUT2D eigenvalue weighted by molar-refractivity contribution is -0.121. The average molecular weight is 273 g/mol. The third-order valence-corrected chi connectivity index (χ3v) is 3.25. The number of rotatable bonds is 5. The van der Waals surface area contributed by atoms with Crippen molar-refractivity contribution in [1.29, 1.82) is 5.26 Å². The van der Waals surface area contributed by atoms with Crippen molar-refractivity contribution in [2.45, 2.75) is 26.3 Å². The van der Waals surface area contributed by atoms with Crippen LogP contribution >= 0.6 is 22.9 Å². The molecule has 1 amide bonds. The normalized spacial score (nSPS) is 11.6. The first-order chi connectivity index (χ1) is 8.08. The Kier molecular flexibility index (Phi) is 5.19. The molecule has 1 aromatic rings. The number of nitrogens with one attached hydrogen (secondary N) is 2. The molecule has 0 radical (unpaired) electrons. The van der Waals surface area contributed by atoms with E-state index in [2.05, 4.69) is 15.6 Å². The van der Waals surface area contributed by atoms with Crippen molar-refractivity contribution in [3.63, 3.8) is 0 Å². The molecule has 1 aromatic heterocycles. The Morgan fingerprint density at radius 2 is 2.41 bits per heavy atom. The fourth-order valence-corrected chi connectivity index (χ4v) is 2.12. The number of carbonyl (C=O) groups excluding carboxylic acids is 1. The number of thiazole rings is 1. The van der Waals surface area contributed by atoms with Gasteiger partial charge in [0, 0.05) is 6.54 Å². The molecule has 0 aliphatic heterocycles. The zero-order chi connectivity index (χ0) is 12.8. The van der Waals surface area contributed by atoms with E-state index >= 15 is 0 Å². The molecule has 1 atom stereocenters. The van der Waals surface area contributed by atoms with Gasteiger partial charge in [-0.3, -0.25) is 4.79 Å². The summed E-state index contributed by atoms with van der Waals surface area (Å²) in [6, 6.07) is 1.53. The number of anilines is 1. The fourth-order valence-electron chi connectivity index (χ4n) is 1.08. The highest BCUT2D eigenvalue weighted by Crippen LogP contribution is 2.26. The van der Waals surface area contributed by atoms with Gasteiger partial charge < -0.3 is 10.6 Å². The van der Waals surface area contributed by atoms with E-state index in [9.17, 15) is 4.79 Å². The number of aromatic nitrogens is 1. The van der Waals surface area contributed by atoms with E-state index < -0.39 is 6.04 Å². The van der Waals surface area contributed by atoms with Gasteiger partial charge in [-0.15, -0.1) is 0 Å². The summed E-state index contributed by atoms with van der Waals surface area (Å²) in [5.41, 5.74) is 0. The van der Waals surface area contributed by atoms with Crippen molar-refractivity contribution in [2.24, 2.45) is 0 Å². The number of hydrogen-bond acceptors (Lipinski definition) is 5. The van der Waals surface area contributed by atoms with Crippen LogP contribution in [0.1, 0.15) is 25.1 Å². The highest BCUT2D eigenvalue weighted by molar-refractivity contribution is 7.16. The molecule has 1 rings (SSSR count). The Morgan fingerprint density at radius 3 is 2.94 bits per heavy atom. The molecule has 0 aromatic carbocycles. The second kappa shape index (κ2) is 6.42. The lowest BCUT2D eigenvalue weighted by Crippen LogP contribution is -2.37. The Hall–Kier alpha value is -1.32. The number of nitrogens with zero attached hydrogens (tertiary/aromatic N) is 2. The third kappa shape index (κ3) is 3.88. The van der Waals surface area contributed by atoms with E-state index in [0.717, 1.165) is 17.8 Å². The molecule has 0 spiro atoms. The van der Waals surface area contributed by atoms with Crippen LogP contribution in [-0.4, -0.2) is 23.5 Å². The maximum absolute atomic E-state index is 11.6. The van der Waals surface area contributed by atoms with E-state index in [4.69, 9.17) is 16.9 Å². The second-order valence-electron chi connectivity index (χ2n) is 3.41. The molecule has 5 nitrogen and oxygen atoms in total. The van der Waals surface area contributed by atoms with Crippen LogP contribution < -0.4 is 10.6 Å². The minimum Gasteiger partial charge on any atom is -0.354 e. The van der Waals surface area contributed by atoms with Crippen LogP contribution in [0, 0.1) is 11.3 Å².